The first-order chi connectivity index (χ1) is 5.34. The van der Waals surface area contributed by atoms with Crippen molar-refractivity contribution in [2.45, 2.75) is 0 Å². The van der Waals surface area contributed by atoms with E-state index in [9.17, 15) is 4.79 Å². The third-order valence-corrected chi connectivity index (χ3v) is 1.46. The van der Waals surface area contributed by atoms with Gasteiger partial charge in [0.1, 0.15) is 6.61 Å². The molecule has 1 aliphatic heterocycles. The third-order valence-electron chi connectivity index (χ3n) is 1.46. The van der Waals surface area contributed by atoms with Gasteiger partial charge in [-0.05, 0) is 18.4 Å². The van der Waals surface area contributed by atoms with Crippen molar-refractivity contribution in [3.05, 3.63) is 24.6 Å². The van der Waals surface area contributed by atoms with Crippen molar-refractivity contribution in [1.29, 1.82) is 0 Å². The maximum atomic E-state index is 11.1. The fourth-order valence-corrected chi connectivity index (χ4v) is 0.831. The predicted octanol–water partition coefficient (Wildman–Crippen LogP) is 0.449. The molecule has 11 heavy (non-hydrogen) atoms. The van der Waals surface area contributed by atoms with Gasteiger partial charge >= 0.3 is 0 Å². The lowest BCUT2D eigenvalue weighted by molar-refractivity contribution is -0.117. The van der Waals surface area contributed by atoms with Crippen molar-refractivity contribution < 1.29 is 9.53 Å². The second-order valence-electron chi connectivity index (χ2n) is 2.29. The average molecular weight is 153 g/mol. The van der Waals surface area contributed by atoms with Crippen LogP contribution in [0.5, 0.6) is 0 Å². The van der Waals surface area contributed by atoms with E-state index in [1.807, 2.05) is 0 Å². The SMILES string of the molecule is CN/C=C\C(=O)C1C=COC1. The Morgan fingerprint density at radius 2 is 2.64 bits per heavy atom. The van der Waals surface area contributed by atoms with Crippen LogP contribution in [0.2, 0.25) is 0 Å². The Hall–Kier alpha value is -1.25. The summed E-state index contributed by atoms with van der Waals surface area (Å²) >= 11 is 0. The molecule has 3 nitrogen and oxygen atoms in total. The molecule has 1 aliphatic rings. The summed E-state index contributed by atoms with van der Waals surface area (Å²) in [6.07, 6.45) is 6.47. The van der Waals surface area contributed by atoms with Crippen molar-refractivity contribution in [3.8, 4) is 0 Å². The van der Waals surface area contributed by atoms with E-state index in [1.165, 1.54) is 6.08 Å². The highest BCUT2D eigenvalue weighted by atomic mass is 16.5. The van der Waals surface area contributed by atoms with Gasteiger partial charge in [-0.15, -0.1) is 0 Å². The molecule has 0 saturated carbocycles. The molecule has 0 spiro atoms. The molecule has 0 aromatic heterocycles. The second kappa shape index (κ2) is 3.81. The standard InChI is InChI=1S/C8H11NO2/c1-9-4-2-8(10)7-3-5-11-6-7/h2-5,7,9H,6H2,1H3/b4-2-. The molecule has 1 N–H and O–H groups in total. The summed E-state index contributed by atoms with van der Waals surface area (Å²) in [5, 5.41) is 2.76. The molecule has 1 rings (SSSR count). The van der Waals surface area contributed by atoms with Gasteiger partial charge in [0.15, 0.2) is 5.78 Å². The smallest absolute Gasteiger partial charge is 0.167 e. The number of allylic oxidation sites excluding steroid dienone is 1. The molecule has 0 aromatic rings. The number of carbonyl (C=O) groups excluding carboxylic acids is 1. The number of ketones is 1. The Kier molecular flexibility index (Phi) is 2.72. The largest absolute Gasteiger partial charge is 0.500 e. The van der Waals surface area contributed by atoms with Gasteiger partial charge in [-0.2, -0.15) is 0 Å². The third kappa shape index (κ3) is 2.11. The van der Waals surface area contributed by atoms with Gasteiger partial charge in [-0.1, -0.05) is 0 Å². The molecule has 60 valence electrons. The molecule has 3 heteroatoms. The van der Waals surface area contributed by atoms with Gasteiger partial charge in [0.25, 0.3) is 0 Å². The predicted molar refractivity (Wildman–Crippen MR) is 41.8 cm³/mol. The summed E-state index contributed by atoms with van der Waals surface area (Å²) in [5.41, 5.74) is 0. The van der Waals surface area contributed by atoms with Crippen LogP contribution in [0.1, 0.15) is 0 Å². The van der Waals surface area contributed by atoms with E-state index < -0.39 is 0 Å². The van der Waals surface area contributed by atoms with Crippen LogP contribution >= 0.6 is 0 Å². The van der Waals surface area contributed by atoms with Crippen LogP contribution in [-0.4, -0.2) is 19.4 Å². The van der Waals surface area contributed by atoms with E-state index in [-0.39, 0.29) is 11.7 Å². The van der Waals surface area contributed by atoms with Gasteiger partial charge < -0.3 is 10.1 Å². The van der Waals surface area contributed by atoms with Crippen LogP contribution in [0, 0.1) is 5.92 Å². The zero-order valence-corrected chi connectivity index (χ0v) is 6.41. The summed E-state index contributed by atoms with van der Waals surface area (Å²) in [4.78, 5) is 11.1. The number of hydrogen-bond donors (Lipinski definition) is 1. The van der Waals surface area contributed by atoms with E-state index in [0.29, 0.717) is 6.61 Å². The highest BCUT2D eigenvalue weighted by Crippen LogP contribution is 2.09. The highest BCUT2D eigenvalue weighted by molar-refractivity contribution is 5.93. The molecule has 1 heterocycles. The highest BCUT2D eigenvalue weighted by Gasteiger charge is 2.16. The molecular weight excluding hydrogens is 142 g/mol. The normalized spacial score (nSPS) is 22.1. The van der Waals surface area contributed by atoms with Crippen LogP contribution < -0.4 is 5.32 Å². The summed E-state index contributed by atoms with van der Waals surface area (Å²) in [6, 6.07) is 0. The number of ether oxygens (including phenoxy) is 1. The molecule has 0 aliphatic carbocycles. The lowest BCUT2D eigenvalue weighted by atomic mass is 10.1. The van der Waals surface area contributed by atoms with E-state index in [2.05, 4.69) is 5.32 Å². The fourth-order valence-electron chi connectivity index (χ4n) is 0.831. The molecule has 1 atom stereocenters. The van der Waals surface area contributed by atoms with Gasteiger partial charge in [0.2, 0.25) is 0 Å². The molecule has 0 amide bonds. The van der Waals surface area contributed by atoms with Crippen molar-refractivity contribution in [3.63, 3.8) is 0 Å². The summed E-state index contributed by atoms with van der Waals surface area (Å²) in [7, 11) is 1.75. The van der Waals surface area contributed by atoms with Crippen molar-refractivity contribution in [2.75, 3.05) is 13.7 Å². The van der Waals surface area contributed by atoms with Crippen LogP contribution in [0.25, 0.3) is 0 Å². The second-order valence-corrected chi connectivity index (χ2v) is 2.29. The van der Waals surface area contributed by atoms with Crippen LogP contribution in [0.3, 0.4) is 0 Å². The number of hydrogen-bond acceptors (Lipinski definition) is 3. The molecule has 0 aromatic carbocycles. The molecule has 1 unspecified atom stereocenters. The van der Waals surface area contributed by atoms with Crippen LogP contribution in [0.15, 0.2) is 24.6 Å². The Balaban J connectivity index is 2.41. The van der Waals surface area contributed by atoms with Crippen LogP contribution in [0.4, 0.5) is 0 Å². The van der Waals surface area contributed by atoms with Gasteiger partial charge in [0.05, 0.1) is 12.2 Å². The topological polar surface area (TPSA) is 38.3 Å². The van der Waals surface area contributed by atoms with Gasteiger partial charge in [-0.25, -0.2) is 0 Å². The first-order valence-electron chi connectivity index (χ1n) is 3.50. The fraction of sp³-hybridized carbons (Fsp3) is 0.375. The monoisotopic (exact) mass is 153 g/mol. The van der Waals surface area contributed by atoms with E-state index in [4.69, 9.17) is 4.74 Å². The molecule has 0 bridgehead atoms. The Morgan fingerprint density at radius 3 is 3.18 bits per heavy atom. The summed E-state index contributed by atoms with van der Waals surface area (Å²) in [5.74, 6) is -0.00676. The zero-order valence-electron chi connectivity index (χ0n) is 6.41. The summed E-state index contributed by atoms with van der Waals surface area (Å²) < 4.78 is 4.90. The van der Waals surface area contributed by atoms with E-state index >= 15 is 0 Å². The van der Waals surface area contributed by atoms with Crippen molar-refractivity contribution in [2.24, 2.45) is 5.92 Å². The molecule has 0 fully saturated rings. The minimum absolute atomic E-state index is 0.0769. The zero-order chi connectivity index (χ0) is 8.10. The lowest BCUT2D eigenvalue weighted by Crippen LogP contribution is -2.11. The van der Waals surface area contributed by atoms with Crippen molar-refractivity contribution >= 4 is 5.78 Å². The van der Waals surface area contributed by atoms with Crippen molar-refractivity contribution in [1.82, 2.24) is 5.32 Å². The first-order valence-corrected chi connectivity index (χ1v) is 3.50. The average Bonchev–Trinajstić information content (AvgIpc) is 2.52. The Labute approximate surface area is 65.7 Å². The Morgan fingerprint density at radius 1 is 1.82 bits per heavy atom. The maximum absolute atomic E-state index is 11.1. The molecular formula is C8H11NO2. The minimum atomic E-state index is -0.0837. The molecule has 0 radical (unpaired) electrons. The van der Waals surface area contributed by atoms with Gasteiger partial charge in [-0.3, -0.25) is 4.79 Å². The maximum Gasteiger partial charge on any atom is 0.167 e. The minimum Gasteiger partial charge on any atom is -0.500 e. The van der Waals surface area contributed by atoms with Gasteiger partial charge in [0, 0.05) is 7.05 Å². The van der Waals surface area contributed by atoms with Crippen LogP contribution in [-0.2, 0) is 9.53 Å². The Bertz CT molecular complexity index is 196. The number of rotatable bonds is 3. The van der Waals surface area contributed by atoms with E-state index in [1.54, 1.807) is 25.6 Å². The summed E-state index contributed by atoms with van der Waals surface area (Å²) in [6.45, 7) is 0.479. The molecule has 0 saturated heterocycles. The first kappa shape index (κ1) is 7.85. The number of carbonyl (C=O) groups is 1. The van der Waals surface area contributed by atoms with E-state index in [0.717, 1.165) is 0 Å². The quantitative estimate of drug-likeness (QED) is 0.598. The number of nitrogens with one attached hydrogen (secondary N) is 1. The lowest BCUT2D eigenvalue weighted by Gasteiger charge is -1.99.